The maximum Gasteiger partial charge on any atom is 0.319 e. The molecule has 1 rings (SSSR count). The van der Waals surface area contributed by atoms with E-state index >= 15 is 0 Å². The Morgan fingerprint density at radius 3 is 2.67 bits per heavy atom. The van der Waals surface area contributed by atoms with Gasteiger partial charge in [-0.05, 0) is 28.1 Å². The summed E-state index contributed by atoms with van der Waals surface area (Å²) in [6, 6.07) is 6.46. The third-order valence-electron chi connectivity index (χ3n) is 2.04. The van der Waals surface area contributed by atoms with Gasteiger partial charge in [-0.25, -0.2) is 13.1 Å². The lowest BCUT2D eigenvalue weighted by Gasteiger charge is -2.10. The first-order chi connectivity index (χ1) is 8.38. The average Bonchev–Trinajstić information content (AvgIpc) is 2.35. The van der Waals surface area contributed by atoms with E-state index in [1.165, 1.54) is 13.2 Å². The predicted octanol–water partition coefficient (Wildman–Crippen LogP) is 1.70. The standard InChI is InChI=1S/C10H11BrINO4S/c1-17-10(14)8(12)6-13-18(15,16)9-5-3-2-4-7(9)11/h2-5,8,13H,6H2,1H3. The molecule has 0 spiro atoms. The molecular formula is C10H11BrINO4S. The molecule has 0 radical (unpaired) electrons. The fraction of sp³-hybridized carbons (Fsp3) is 0.300. The highest BCUT2D eigenvalue weighted by molar-refractivity contribution is 14.1. The number of methoxy groups -OCH3 is 1. The van der Waals surface area contributed by atoms with Crippen LogP contribution in [-0.4, -0.2) is 32.0 Å². The second-order valence-electron chi connectivity index (χ2n) is 3.27. The third-order valence-corrected chi connectivity index (χ3v) is 5.42. The average molecular weight is 448 g/mol. The Labute approximate surface area is 128 Å². The van der Waals surface area contributed by atoms with Gasteiger partial charge in [-0.1, -0.05) is 34.7 Å². The largest absolute Gasteiger partial charge is 0.468 e. The van der Waals surface area contributed by atoms with Crippen molar-refractivity contribution in [2.24, 2.45) is 0 Å². The van der Waals surface area contributed by atoms with Crippen LogP contribution in [-0.2, 0) is 19.6 Å². The van der Waals surface area contributed by atoms with E-state index in [0.717, 1.165) is 0 Å². The molecule has 0 aliphatic rings. The molecule has 0 saturated carbocycles. The first-order valence-corrected chi connectivity index (χ1v) is 8.36. The third kappa shape index (κ3) is 4.18. The SMILES string of the molecule is COC(=O)C(I)CNS(=O)(=O)c1ccccc1Br. The van der Waals surface area contributed by atoms with E-state index in [0.29, 0.717) is 4.47 Å². The van der Waals surface area contributed by atoms with Crippen molar-refractivity contribution in [1.29, 1.82) is 0 Å². The smallest absolute Gasteiger partial charge is 0.319 e. The van der Waals surface area contributed by atoms with Crippen molar-refractivity contribution in [1.82, 2.24) is 4.72 Å². The topological polar surface area (TPSA) is 72.5 Å². The molecule has 1 unspecified atom stereocenters. The highest BCUT2D eigenvalue weighted by Crippen LogP contribution is 2.20. The molecule has 0 aromatic heterocycles. The first-order valence-electron chi connectivity index (χ1n) is 4.84. The fourth-order valence-electron chi connectivity index (χ4n) is 1.13. The summed E-state index contributed by atoms with van der Waals surface area (Å²) in [6.45, 7) is -0.0170. The lowest BCUT2D eigenvalue weighted by Crippen LogP contribution is -2.34. The quantitative estimate of drug-likeness (QED) is 0.423. The summed E-state index contributed by atoms with van der Waals surface area (Å²) in [7, 11) is -2.38. The molecule has 0 aliphatic carbocycles. The predicted molar refractivity (Wildman–Crippen MR) is 79.2 cm³/mol. The Balaban J connectivity index is 2.78. The monoisotopic (exact) mass is 447 g/mol. The number of benzene rings is 1. The van der Waals surface area contributed by atoms with Crippen molar-refractivity contribution in [3.63, 3.8) is 0 Å². The molecule has 18 heavy (non-hydrogen) atoms. The maximum atomic E-state index is 12.0. The van der Waals surface area contributed by atoms with E-state index < -0.39 is 19.9 Å². The van der Waals surface area contributed by atoms with Crippen LogP contribution in [0.5, 0.6) is 0 Å². The van der Waals surface area contributed by atoms with Crippen LogP contribution in [0.1, 0.15) is 0 Å². The lowest BCUT2D eigenvalue weighted by atomic mass is 10.4. The molecule has 0 saturated heterocycles. The number of carbonyl (C=O) groups excluding carboxylic acids is 1. The van der Waals surface area contributed by atoms with Gasteiger partial charge >= 0.3 is 5.97 Å². The zero-order chi connectivity index (χ0) is 13.8. The van der Waals surface area contributed by atoms with Crippen molar-refractivity contribution >= 4 is 54.5 Å². The van der Waals surface area contributed by atoms with Crippen LogP contribution in [0.4, 0.5) is 0 Å². The number of hydrogen-bond acceptors (Lipinski definition) is 4. The second-order valence-corrected chi connectivity index (χ2v) is 7.37. The highest BCUT2D eigenvalue weighted by Gasteiger charge is 2.21. The molecule has 1 N–H and O–H groups in total. The number of sulfonamides is 1. The van der Waals surface area contributed by atoms with Crippen LogP contribution in [0.2, 0.25) is 0 Å². The van der Waals surface area contributed by atoms with E-state index in [4.69, 9.17) is 0 Å². The van der Waals surface area contributed by atoms with E-state index in [-0.39, 0.29) is 11.4 Å². The van der Waals surface area contributed by atoms with E-state index in [2.05, 4.69) is 25.4 Å². The van der Waals surface area contributed by atoms with Crippen molar-refractivity contribution in [3.8, 4) is 0 Å². The van der Waals surface area contributed by atoms with Crippen LogP contribution in [0, 0.1) is 0 Å². The molecule has 0 aliphatic heterocycles. The molecule has 5 nitrogen and oxygen atoms in total. The number of carbonyl (C=O) groups is 1. The van der Waals surface area contributed by atoms with Gasteiger partial charge < -0.3 is 4.74 Å². The number of hydrogen-bond donors (Lipinski definition) is 1. The zero-order valence-corrected chi connectivity index (χ0v) is 14.0. The van der Waals surface area contributed by atoms with Crippen LogP contribution >= 0.6 is 38.5 Å². The molecule has 1 aromatic rings. The van der Waals surface area contributed by atoms with Gasteiger partial charge in [-0.15, -0.1) is 0 Å². The van der Waals surface area contributed by atoms with Gasteiger partial charge in [0, 0.05) is 11.0 Å². The number of alkyl halides is 1. The Morgan fingerprint density at radius 2 is 2.11 bits per heavy atom. The minimum absolute atomic E-state index is 0.0170. The van der Waals surface area contributed by atoms with Gasteiger partial charge in [0.2, 0.25) is 10.0 Å². The van der Waals surface area contributed by atoms with Gasteiger partial charge in [0.15, 0.2) is 0 Å². The Kier molecular flexibility index (Phi) is 6.02. The van der Waals surface area contributed by atoms with E-state index in [1.807, 2.05) is 22.6 Å². The highest BCUT2D eigenvalue weighted by atomic mass is 127. The van der Waals surface area contributed by atoms with E-state index in [1.54, 1.807) is 18.2 Å². The Morgan fingerprint density at radius 1 is 1.50 bits per heavy atom. The molecule has 0 fully saturated rings. The van der Waals surface area contributed by atoms with Crippen LogP contribution in [0.3, 0.4) is 0 Å². The fourth-order valence-corrected chi connectivity index (χ4v) is 3.96. The first kappa shape index (κ1) is 15.9. The summed E-state index contributed by atoms with van der Waals surface area (Å²) in [5.74, 6) is -0.467. The summed E-state index contributed by atoms with van der Waals surface area (Å²) < 4.78 is 30.7. The summed E-state index contributed by atoms with van der Waals surface area (Å²) in [4.78, 5) is 11.3. The number of esters is 1. The van der Waals surface area contributed by atoms with Gasteiger partial charge in [0.05, 0.1) is 12.0 Å². The van der Waals surface area contributed by atoms with Gasteiger partial charge in [0.25, 0.3) is 0 Å². The van der Waals surface area contributed by atoms with Crippen LogP contribution in [0.25, 0.3) is 0 Å². The van der Waals surface area contributed by atoms with Crippen molar-refractivity contribution in [3.05, 3.63) is 28.7 Å². The van der Waals surface area contributed by atoms with Crippen molar-refractivity contribution in [2.45, 2.75) is 8.82 Å². The molecule has 1 aromatic carbocycles. The number of rotatable bonds is 5. The minimum Gasteiger partial charge on any atom is -0.468 e. The lowest BCUT2D eigenvalue weighted by molar-refractivity contribution is -0.139. The summed E-state index contributed by atoms with van der Waals surface area (Å²) in [5.41, 5.74) is 0. The number of halogens is 2. The maximum absolute atomic E-state index is 12.0. The van der Waals surface area contributed by atoms with Gasteiger partial charge in [0.1, 0.15) is 3.92 Å². The normalized spacial score (nSPS) is 13.1. The number of nitrogens with one attached hydrogen (secondary N) is 1. The molecule has 0 amide bonds. The van der Waals surface area contributed by atoms with Gasteiger partial charge in [-0.3, -0.25) is 4.79 Å². The molecule has 0 bridgehead atoms. The molecule has 0 heterocycles. The molecule has 100 valence electrons. The molecular weight excluding hydrogens is 437 g/mol. The zero-order valence-electron chi connectivity index (χ0n) is 9.39. The Bertz CT molecular complexity index is 534. The number of ether oxygens (including phenoxy) is 1. The van der Waals surface area contributed by atoms with Crippen molar-refractivity contribution < 1.29 is 17.9 Å². The Hall–Kier alpha value is -0.190. The second kappa shape index (κ2) is 6.83. The van der Waals surface area contributed by atoms with Crippen LogP contribution in [0.15, 0.2) is 33.6 Å². The molecule has 8 heteroatoms. The summed E-state index contributed by atoms with van der Waals surface area (Å²) in [5, 5.41) is 0. The van der Waals surface area contributed by atoms with E-state index in [9.17, 15) is 13.2 Å². The summed E-state index contributed by atoms with van der Waals surface area (Å²) in [6.07, 6.45) is 0. The van der Waals surface area contributed by atoms with Gasteiger partial charge in [-0.2, -0.15) is 0 Å². The summed E-state index contributed by atoms with van der Waals surface area (Å²) >= 11 is 4.99. The molecule has 1 atom stereocenters. The van der Waals surface area contributed by atoms with Crippen molar-refractivity contribution in [2.75, 3.05) is 13.7 Å². The minimum atomic E-state index is -3.64. The van der Waals surface area contributed by atoms with Crippen LogP contribution < -0.4 is 4.72 Å².